The molecule has 0 N–H and O–H groups in total. The summed E-state index contributed by atoms with van der Waals surface area (Å²) in [6.45, 7) is 2.94. The van der Waals surface area contributed by atoms with Gasteiger partial charge in [0.2, 0.25) is 0 Å². The van der Waals surface area contributed by atoms with E-state index >= 15 is 0 Å². The minimum atomic E-state index is -0.409. The van der Waals surface area contributed by atoms with Crippen molar-refractivity contribution < 1.29 is 9.53 Å². The Morgan fingerprint density at radius 2 is 2.10 bits per heavy atom. The summed E-state index contributed by atoms with van der Waals surface area (Å²) >= 11 is 0. The Kier molecular flexibility index (Phi) is 3.50. The van der Waals surface area contributed by atoms with Crippen molar-refractivity contribution in [3.05, 3.63) is 36.0 Å². The smallest absolute Gasteiger partial charge is 0.361 e. The standard InChI is InChI=1S/C15H17N3O2/c1-2-20-15(19)13-14(12-6-4-3-5-7-12)18(17-16-13)10-11-8-9-11/h3-7,11H,2,8-10H2,1H3. The van der Waals surface area contributed by atoms with Gasteiger partial charge in [-0.2, -0.15) is 0 Å². The third kappa shape index (κ3) is 2.57. The highest BCUT2D eigenvalue weighted by atomic mass is 16.5. The van der Waals surface area contributed by atoms with Crippen LogP contribution in [0.25, 0.3) is 11.3 Å². The van der Waals surface area contributed by atoms with Gasteiger partial charge in [0, 0.05) is 12.1 Å². The highest BCUT2D eigenvalue weighted by Crippen LogP contribution is 2.32. The summed E-state index contributed by atoms with van der Waals surface area (Å²) < 4.78 is 6.90. The average Bonchev–Trinajstić information content (AvgIpc) is 3.17. The fourth-order valence-electron chi connectivity index (χ4n) is 2.20. The SMILES string of the molecule is CCOC(=O)c1nnn(CC2CC2)c1-c1ccccc1. The summed E-state index contributed by atoms with van der Waals surface area (Å²) in [5, 5.41) is 8.17. The maximum absolute atomic E-state index is 12.0. The molecule has 20 heavy (non-hydrogen) atoms. The van der Waals surface area contributed by atoms with E-state index in [0.717, 1.165) is 17.8 Å². The molecule has 5 heteroatoms. The molecule has 104 valence electrons. The summed E-state index contributed by atoms with van der Waals surface area (Å²) in [7, 11) is 0. The molecular weight excluding hydrogens is 254 g/mol. The molecule has 1 aromatic heterocycles. The molecular formula is C15H17N3O2. The molecule has 0 radical (unpaired) electrons. The lowest BCUT2D eigenvalue weighted by Gasteiger charge is -2.07. The zero-order valence-electron chi connectivity index (χ0n) is 11.5. The van der Waals surface area contributed by atoms with Crippen LogP contribution in [0.1, 0.15) is 30.3 Å². The van der Waals surface area contributed by atoms with Gasteiger partial charge in [0.15, 0.2) is 5.69 Å². The number of benzene rings is 1. The van der Waals surface area contributed by atoms with Crippen LogP contribution in [0.4, 0.5) is 0 Å². The van der Waals surface area contributed by atoms with Crippen LogP contribution in [-0.4, -0.2) is 27.6 Å². The first kappa shape index (κ1) is 12.8. The number of hydrogen-bond donors (Lipinski definition) is 0. The Morgan fingerprint density at radius 1 is 1.35 bits per heavy atom. The second-order valence-electron chi connectivity index (χ2n) is 5.00. The number of carbonyl (C=O) groups excluding carboxylic acids is 1. The Hall–Kier alpha value is -2.17. The van der Waals surface area contributed by atoms with E-state index in [-0.39, 0.29) is 0 Å². The molecule has 3 rings (SSSR count). The lowest BCUT2D eigenvalue weighted by molar-refractivity contribution is 0.0520. The summed E-state index contributed by atoms with van der Waals surface area (Å²) in [6, 6.07) is 9.76. The van der Waals surface area contributed by atoms with Gasteiger partial charge in [-0.15, -0.1) is 5.10 Å². The van der Waals surface area contributed by atoms with Gasteiger partial charge < -0.3 is 4.74 Å². The van der Waals surface area contributed by atoms with Crippen molar-refractivity contribution >= 4 is 5.97 Å². The van der Waals surface area contributed by atoms with E-state index in [0.29, 0.717) is 18.2 Å². The molecule has 1 aromatic carbocycles. The van der Waals surface area contributed by atoms with Crippen LogP contribution in [-0.2, 0) is 11.3 Å². The van der Waals surface area contributed by atoms with Crippen LogP contribution in [0.2, 0.25) is 0 Å². The van der Waals surface area contributed by atoms with Gasteiger partial charge >= 0.3 is 5.97 Å². The number of ether oxygens (including phenoxy) is 1. The molecule has 0 saturated heterocycles. The number of rotatable bonds is 5. The number of nitrogens with zero attached hydrogens (tertiary/aromatic N) is 3. The van der Waals surface area contributed by atoms with Crippen molar-refractivity contribution in [3.8, 4) is 11.3 Å². The van der Waals surface area contributed by atoms with E-state index in [4.69, 9.17) is 4.74 Å². The number of esters is 1. The highest BCUT2D eigenvalue weighted by molar-refractivity contribution is 5.94. The predicted molar refractivity (Wildman–Crippen MR) is 74.1 cm³/mol. The monoisotopic (exact) mass is 271 g/mol. The Morgan fingerprint density at radius 3 is 2.75 bits per heavy atom. The van der Waals surface area contributed by atoms with Crippen molar-refractivity contribution in [1.82, 2.24) is 15.0 Å². The normalized spacial score (nSPS) is 14.2. The van der Waals surface area contributed by atoms with Gasteiger partial charge in [0.1, 0.15) is 5.69 Å². The van der Waals surface area contributed by atoms with E-state index in [1.54, 1.807) is 6.92 Å². The van der Waals surface area contributed by atoms with Gasteiger partial charge in [-0.3, -0.25) is 0 Å². The summed E-state index contributed by atoms with van der Waals surface area (Å²) in [6.07, 6.45) is 2.45. The molecule has 2 aromatic rings. The molecule has 1 saturated carbocycles. The van der Waals surface area contributed by atoms with E-state index in [9.17, 15) is 4.79 Å². The molecule has 1 aliphatic carbocycles. The van der Waals surface area contributed by atoms with E-state index in [2.05, 4.69) is 10.3 Å². The molecule has 0 spiro atoms. The molecule has 1 aliphatic rings. The fourth-order valence-corrected chi connectivity index (χ4v) is 2.20. The van der Waals surface area contributed by atoms with Crippen molar-refractivity contribution in [2.75, 3.05) is 6.61 Å². The van der Waals surface area contributed by atoms with Crippen LogP contribution in [0.15, 0.2) is 30.3 Å². The Balaban J connectivity index is 2.01. The largest absolute Gasteiger partial charge is 0.461 e. The third-order valence-electron chi connectivity index (χ3n) is 3.38. The number of aromatic nitrogens is 3. The quantitative estimate of drug-likeness (QED) is 0.784. The molecule has 0 aliphatic heterocycles. The maximum atomic E-state index is 12.0. The topological polar surface area (TPSA) is 57.0 Å². The van der Waals surface area contributed by atoms with E-state index in [1.165, 1.54) is 12.8 Å². The van der Waals surface area contributed by atoms with Gasteiger partial charge in [-0.05, 0) is 25.7 Å². The van der Waals surface area contributed by atoms with Crippen molar-refractivity contribution in [3.63, 3.8) is 0 Å². The summed E-state index contributed by atoms with van der Waals surface area (Å²) in [4.78, 5) is 12.0. The van der Waals surface area contributed by atoms with Crippen molar-refractivity contribution in [2.24, 2.45) is 5.92 Å². The lowest BCUT2D eigenvalue weighted by Crippen LogP contribution is -2.09. The van der Waals surface area contributed by atoms with Crippen LogP contribution in [0.5, 0.6) is 0 Å². The Labute approximate surface area is 117 Å². The first-order chi connectivity index (χ1) is 9.79. The molecule has 0 unspecified atom stereocenters. The minimum absolute atomic E-state index is 0.304. The minimum Gasteiger partial charge on any atom is -0.461 e. The molecule has 1 fully saturated rings. The second-order valence-corrected chi connectivity index (χ2v) is 5.00. The number of carbonyl (C=O) groups is 1. The molecule has 0 atom stereocenters. The first-order valence-electron chi connectivity index (χ1n) is 6.95. The zero-order valence-corrected chi connectivity index (χ0v) is 11.5. The van der Waals surface area contributed by atoms with Gasteiger partial charge in [0.25, 0.3) is 0 Å². The number of hydrogen-bond acceptors (Lipinski definition) is 4. The summed E-state index contributed by atoms with van der Waals surface area (Å²) in [5.41, 5.74) is 2.01. The van der Waals surface area contributed by atoms with E-state index < -0.39 is 5.97 Å². The first-order valence-corrected chi connectivity index (χ1v) is 6.95. The zero-order chi connectivity index (χ0) is 13.9. The van der Waals surface area contributed by atoms with Gasteiger partial charge in [0.05, 0.1) is 6.61 Å². The predicted octanol–water partition coefficient (Wildman–Crippen LogP) is 2.53. The van der Waals surface area contributed by atoms with Crippen LogP contribution < -0.4 is 0 Å². The third-order valence-corrected chi connectivity index (χ3v) is 3.38. The van der Waals surface area contributed by atoms with Gasteiger partial charge in [-0.25, -0.2) is 9.48 Å². The van der Waals surface area contributed by atoms with Crippen LogP contribution in [0, 0.1) is 5.92 Å². The average molecular weight is 271 g/mol. The van der Waals surface area contributed by atoms with Crippen LogP contribution in [0.3, 0.4) is 0 Å². The fraction of sp³-hybridized carbons (Fsp3) is 0.400. The maximum Gasteiger partial charge on any atom is 0.361 e. The molecule has 0 bridgehead atoms. The lowest BCUT2D eigenvalue weighted by atomic mass is 10.1. The highest BCUT2D eigenvalue weighted by Gasteiger charge is 2.27. The Bertz CT molecular complexity index is 603. The molecule has 5 nitrogen and oxygen atoms in total. The molecule has 1 heterocycles. The van der Waals surface area contributed by atoms with E-state index in [1.807, 2.05) is 35.0 Å². The van der Waals surface area contributed by atoms with Crippen molar-refractivity contribution in [1.29, 1.82) is 0 Å². The van der Waals surface area contributed by atoms with Gasteiger partial charge in [-0.1, -0.05) is 35.5 Å². The summed E-state index contributed by atoms with van der Waals surface area (Å²) in [5.74, 6) is 0.252. The second kappa shape index (κ2) is 5.45. The van der Waals surface area contributed by atoms with Crippen molar-refractivity contribution in [2.45, 2.75) is 26.3 Å². The molecule has 0 amide bonds. The van der Waals surface area contributed by atoms with Crippen LogP contribution >= 0.6 is 0 Å².